The highest BCUT2D eigenvalue weighted by Crippen LogP contribution is 2.31. The van der Waals surface area contributed by atoms with E-state index in [1.807, 2.05) is 12.1 Å². The predicted octanol–water partition coefficient (Wildman–Crippen LogP) is 3.47. The van der Waals surface area contributed by atoms with Crippen molar-refractivity contribution in [3.8, 4) is 0 Å². The first-order valence-electron chi connectivity index (χ1n) is 6.30. The normalized spacial score (nSPS) is 10.5. The number of pyridine rings is 1. The van der Waals surface area contributed by atoms with E-state index < -0.39 is 4.92 Å². The maximum absolute atomic E-state index is 11.1. The van der Waals surface area contributed by atoms with E-state index >= 15 is 0 Å². The number of anilines is 3. The average Bonchev–Trinajstić information content (AvgIpc) is 2.47. The molecular formula is C15H12N4O2. The summed E-state index contributed by atoms with van der Waals surface area (Å²) in [7, 11) is 0. The second kappa shape index (κ2) is 5.09. The van der Waals surface area contributed by atoms with Gasteiger partial charge in [-0.1, -0.05) is 6.07 Å². The lowest BCUT2D eigenvalue weighted by Crippen LogP contribution is -1.96. The van der Waals surface area contributed by atoms with Crippen LogP contribution in [-0.4, -0.2) is 9.91 Å². The number of fused-ring (bicyclic) bond motifs is 1. The first-order valence-corrected chi connectivity index (χ1v) is 6.30. The third kappa shape index (κ3) is 2.46. The van der Waals surface area contributed by atoms with E-state index in [9.17, 15) is 10.1 Å². The van der Waals surface area contributed by atoms with Crippen LogP contribution in [0.4, 0.5) is 22.7 Å². The van der Waals surface area contributed by atoms with E-state index in [1.54, 1.807) is 36.5 Å². The Bertz CT molecular complexity index is 833. The summed E-state index contributed by atoms with van der Waals surface area (Å²) in [6.45, 7) is 0. The van der Waals surface area contributed by atoms with Gasteiger partial charge >= 0.3 is 0 Å². The van der Waals surface area contributed by atoms with Crippen LogP contribution in [0.3, 0.4) is 0 Å². The number of rotatable bonds is 3. The highest BCUT2D eigenvalue weighted by atomic mass is 16.6. The Labute approximate surface area is 120 Å². The van der Waals surface area contributed by atoms with E-state index in [0.29, 0.717) is 16.6 Å². The second-order valence-corrected chi connectivity index (χ2v) is 4.54. The van der Waals surface area contributed by atoms with Crippen molar-refractivity contribution in [3.63, 3.8) is 0 Å². The molecule has 0 unspecified atom stereocenters. The fraction of sp³-hybridized carbons (Fsp3) is 0. The van der Waals surface area contributed by atoms with Crippen LogP contribution in [0, 0.1) is 10.1 Å². The zero-order valence-corrected chi connectivity index (χ0v) is 11.0. The Morgan fingerprint density at radius 1 is 1.14 bits per heavy atom. The molecule has 104 valence electrons. The molecule has 0 spiro atoms. The molecule has 1 aromatic heterocycles. The van der Waals surface area contributed by atoms with Crippen molar-refractivity contribution in [1.82, 2.24) is 4.98 Å². The molecule has 2 aromatic carbocycles. The lowest BCUT2D eigenvalue weighted by Gasteiger charge is -2.10. The summed E-state index contributed by atoms with van der Waals surface area (Å²) in [4.78, 5) is 14.7. The van der Waals surface area contributed by atoms with Gasteiger partial charge in [-0.15, -0.1) is 0 Å². The molecule has 0 atom stereocenters. The molecule has 6 heteroatoms. The number of non-ortho nitro benzene ring substituents is 1. The van der Waals surface area contributed by atoms with Gasteiger partial charge in [-0.05, 0) is 36.4 Å². The first-order chi connectivity index (χ1) is 10.1. The van der Waals surface area contributed by atoms with Gasteiger partial charge in [-0.2, -0.15) is 0 Å². The maximum Gasteiger partial charge on any atom is 0.295 e. The van der Waals surface area contributed by atoms with Crippen LogP contribution in [0.1, 0.15) is 0 Å². The minimum atomic E-state index is -0.431. The smallest absolute Gasteiger partial charge is 0.295 e. The Morgan fingerprint density at radius 2 is 2.00 bits per heavy atom. The van der Waals surface area contributed by atoms with E-state index in [-0.39, 0.29) is 5.69 Å². The van der Waals surface area contributed by atoms with Gasteiger partial charge in [0.25, 0.3) is 5.69 Å². The van der Waals surface area contributed by atoms with E-state index in [4.69, 9.17) is 5.73 Å². The molecule has 0 aliphatic carbocycles. The van der Waals surface area contributed by atoms with Gasteiger partial charge in [0.15, 0.2) is 0 Å². The number of benzene rings is 2. The molecule has 0 saturated carbocycles. The van der Waals surface area contributed by atoms with E-state index in [0.717, 1.165) is 11.4 Å². The van der Waals surface area contributed by atoms with Crippen LogP contribution >= 0.6 is 0 Å². The molecule has 3 N–H and O–H groups in total. The van der Waals surface area contributed by atoms with E-state index in [1.165, 1.54) is 6.07 Å². The summed E-state index contributed by atoms with van der Waals surface area (Å²) in [5.74, 6) is 0. The molecule has 21 heavy (non-hydrogen) atoms. The van der Waals surface area contributed by atoms with Crippen LogP contribution < -0.4 is 11.1 Å². The summed E-state index contributed by atoms with van der Waals surface area (Å²) in [5, 5.41) is 15.0. The number of nitrogens with one attached hydrogen (secondary N) is 1. The van der Waals surface area contributed by atoms with E-state index in [2.05, 4.69) is 10.3 Å². The molecule has 1 heterocycles. The van der Waals surface area contributed by atoms with Gasteiger partial charge in [0.05, 0.1) is 4.92 Å². The van der Waals surface area contributed by atoms with Gasteiger partial charge in [-0.3, -0.25) is 10.1 Å². The maximum atomic E-state index is 11.1. The van der Waals surface area contributed by atoms with Gasteiger partial charge < -0.3 is 11.1 Å². The SMILES string of the molecule is Nc1cccc(Nc2ccc([N+](=O)[O-])c3ncccc23)c1. The number of aromatic nitrogens is 1. The third-order valence-electron chi connectivity index (χ3n) is 3.11. The van der Waals surface area contributed by atoms with Crippen LogP contribution in [0.5, 0.6) is 0 Å². The number of hydrogen-bond donors (Lipinski definition) is 2. The highest BCUT2D eigenvalue weighted by molar-refractivity contribution is 5.98. The molecule has 6 nitrogen and oxygen atoms in total. The van der Waals surface area contributed by atoms with Crippen molar-refractivity contribution in [2.24, 2.45) is 0 Å². The minimum absolute atomic E-state index is 0.0104. The Kier molecular flexibility index (Phi) is 3.12. The molecule has 0 fully saturated rings. The van der Waals surface area contributed by atoms with Crippen molar-refractivity contribution in [2.75, 3.05) is 11.1 Å². The number of nitro groups is 1. The quantitative estimate of drug-likeness (QED) is 0.435. The zero-order chi connectivity index (χ0) is 14.8. The zero-order valence-electron chi connectivity index (χ0n) is 11.0. The average molecular weight is 280 g/mol. The molecule has 0 bridgehead atoms. The Hall–Kier alpha value is -3.15. The van der Waals surface area contributed by atoms with Crippen molar-refractivity contribution in [1.29, 1.82) is 0 Å². The van der Waals surface area contributed by atoms with Gasteiger partial charge in [-0.25, -0.2) is 4.98 Å². The number of nitrogen functional groups attached to an aromatic ring is 1. The number of nitrogens with zero attached hydrogens (tertiary/aromatic N) is 2. The number of nitro benzene ring substituents is 1. The van der Waals surface area contributed by atoms with Crippen LogP contribution in [-0.2, 0) is 0 Å². The molecule has 0 aliphatic rings. The molecular weight excluding hydrogens is 268 g/mol. The molecule has 0 amide bonds. The molecule has 0 aliphatic heterocycles. The first kappa shape index (κ1) is 12.9. The van der Waals surface area contributed by atoms with Gasteiger partial charge in [0.1, 0.15) is 5.52 Å². The molecule has 3 rings (SSSR count). The van der Waals surface area contributed by atoms with Crippen molar-refractivity contribution < 1.29 is 4.92 Å². The predicted molar refractivity (Wildman–Crippen MR) is 82.5 cm³/mol. The van der Waals surface area contributed by atoms with Gasteiger partial charge in [0, 0.05) is 34.7 Å². The van der Waals surface area contributed by atoms with Crippen molar-refractivity contribution in [3.05, 3.63) is 64.8 Å². The molecule has 0 radical (unpaired) electrons. The lowest BCUT2D eigenvalue weighted by molar-refractivity contribution is -0.383. The molecule has 0 saturated heterocycles. The minimum Gasteiger partial charge on any atom is -0.399 e. The summed E-state index contributed by atoms with van der Waals surface area (Å²) < 4.78 is 0. The van der Waals surface area contributed by atoms with Crippen LogP contribution in [0.2, 0.25) is 0 Å². The fourth-order valence-electron chi connectivity index (χ4n) is 2.19. The summed E-state index contributed by atoms with van der Waals surface area (Å²) >= 11 is 0. The number of hydrogen-bond acceptors (Lipinski definition) is 5. The summed E-state index contributed by atoms with van der Waals surface area (Å²) in [6.07, 6.45) is 1.54. The number of nitrogens with two attached hydrogens (primary N) is 1. The van der Waals surface area contributed by atoms with Crippen molar-refractivity contribution >= 4 is 33.7 Å². The monoisotopic (exact) mass is 280 g/mol. The van der Waals surface area contributed by atoms with Crippen molar-refractivity contribution in [2.45, 2.75) is 0 Å². The third-order valence-corrected chi connectivity index (χ3v) is 3.11. The Balaban J connectivity index is 2.12. The van der Waals surface area contributed by atoms with Crippen LogP contribution in [0.25, 0.3) is 10.9 Å². The topological polar surface area (TPSA) is 94.1 Å². The lowest BCUT2D eigenvalue weighted by atomic mass is 10.1. The largest absolute Gasteiger partial charge is 0.399 e. The Morgan fingerprint density at radius 3 is 2.76 bits per heavy atom. The highest BCUT2D eigenvalue weighted by Gasteiger charge is 2.15. The van der Waals surface area contributed by atoms with Gasteiger partial charge in [0.2, 0.25) is 0 Å². The standard InChI is InChI=1S/C15H12N4O2/c16-10-3-1-4-11(9-10)18-13-6-7-14(19(20)21)15-12(13)5-2-8-17-15/h1-9,18H,16H2. The fourth-order valence-corrected chi connectivity index (χ4v) is 2.19. The summed E-state index contributed by atoms with van der Waals surface area (Å²) in [6, 6.07) is 14.0. The molecule has 3 aromatic rings. The summed E-state index contributed by atoms with van der Waals surface area (Å²) in [5.41, 5.74) is 8.30. The second-order valence-electron chi connectivity index (χ2n) is 4.54. The van der Waals surface area contributed by atoms with Crippen LogP contribution in [0.15, 0.2) is 54.7 Å².